The number of hydrogen-bond donors (Lipinski definition) is 2. The Morgan fingerprint density at radius 1 is 1.10 bits per heavy atom. The summed E-state index contributed by atoms with van der Waals surface area (Å²) in [5.41, 5.74) is 2.57. The van der Waals surface area contributed by atoms with Gasteiger partial charge in [-0.2, -0.15) is 0 Å². The van der Waals surface area contributed by atoms with E-state index in [0.717, 1.165) is 25.6 Å². The molecule has 0 aliphatic carbocycles. The van der Waals surface area contributed by atoms with Crippen molar-refractivity contribution < 1.29 is 0 Å². The molecule has 1 aliphatic heterocycles. The van der Waals surface area contributed by atoms with Crippen LogP contribution in [0, 0.1) is 0 Å². The number of hydrogen-bond acceptors (Lipinski definition) is 4. The van der Waals surface area contributed by atoms with Gasteiger partial charge in [0.15, 0.2) is 5.96 Å². The van der Waals surface area contributed by atoms with Gasteiger partial charge in [-0.05, 0) is 69.5 Å². The first-order valence-corrected chi connectivity index (χ1v) is 11.6. The summed E-state index contributed by atoms with van der Waals surface area (Å²) in [6.45, 7) is 7.90. The van der Waals surface area contributed by atoms with Gasteiger partial charge >= 0.3 is 0 Å². The van der Waals surface area contributed by atoms with Crippen molar-refractivity contribution in [3.05, 3.63) is 57.8 Å². The highest BCUT2D eigenvalue weighted by atomic mass is 32.1. The summed E-state index contributed by atoms with van der Waals surface area (Å²) >= 11 is 1.85. The zero-order chi connectivity index (χ0) is 20.5. The van der Waals surface area contributed by atoms with Gasteiger partial charge in [-0.25, -0.2) is 4.99 Å². The fraction of sp³-hybridized carbons (Fsp3) is 0.522. The second-order valence-corrected chi connectivity index (χ2v) is 8.88. The van der Waals surface area contributed by atoms with Crippen molar-refractivity contribution in [3.63, 3.8) is 0 Å². The molecule has 0 saturated carbocycles. The van der Waals surface area contributed by atoms with Crippen LogP contribution in [0.15, 0.2) is 46.8 Å². The normalized spacial score (nSPS) is 16.3. The van der Waals surface area contributed by atoms with Gasteiger partial charge in [-0.15, -0.1) is 11.3 Å². The van der Waals surface area contributed by atoms with Crippen LogP contribution in [-0.2, 0) is 13.1 Å². The Hall–Kier alpha value is -1.89. The molecule has 2 aromatic rings. The standard InChI is InChI=1S/C23H35N5S/c1-4-24-23(25-16-19-9-11-20(12-10-19)18-27(2)3)26-17-21(22-8-7-15-29-22)28-13-5-6-14-28/h7-12,15,21H,4-6,13-14,16-18H2,1-3H3,(H2,24,25,26). The first kappa shape index (κ1) is 21.8. The van der Waals surface area contributed by atoms with Gasteiger partial charge in [-0.1, -0.05) is 30.3 Å². The Labute approximate surface area is 179 Å². The van der Waals surface area contributed by atoms with Gasteiger partial charge in [0.05, 0.1) is 12.6 Å². The van der Waals surface area contributed by atoms with Crippen molar-refractivity contribution in [2.75, 3.05) is 40.3 Å². The number of guanidine groups is 1. The van der Waals surface area contributed by atoms with Crippen LogP contribution >= 0.6 is 11.3 Å². The van der Waals surface area contributed by atoms with E-state index in [9.17, 15) is 0 Å². The molecule has 6 heteroatoms. The van der Waals surface area contributed by atoms with Crippen molar-refractivity contribution in [2.24, 2.45) is 4.99 Å². The number of aliphatic imine (C=N–C) groups is 1. The maximum absolute atomic E-state index is 4.82. The molecule has 1 aromatic heterocycles. The van der Waals surface area contributed by atoms with E-state index in [0.29, 0.717) is 12.6 Å². The average Bonchev–Trinajstić information content (AvgIpc) is 3.42. The van der Waals surface area contributed by atoms with E-state index in [2.05, 4.69) is 83.2 Å². The van der Waals surface area contributed by atoms with E-state index >= 15 is 0 Å². The number of benzene rings is 1. The first-order chi connectivity index (χ1) is 14.2. The van der Waals surface area contributed by atoms with Crippen molar-refractivity contribution in [1.29, 1.82) is 0 Å². The zero-order valence-electron chi connectivity index (χ0n) is 18.0. The van der Waals surface area contributed by atoms with Gasteiger partial charge in [0.2, 0.25) is 0 Å². The molecule has 158 valence electrons. The molecule has 1 aliphatic rings. The lowest BCUT2D eigenvalue weighted by Gasteiger charge is -2.27. The molecule has 0 spiro atoms. The van der Waals surface area contributed by atoms with E-state index in [4.69, 9.17) is 4.99 Å². The number of likely N-dealkylation sites (tertiary alicyclic amines) is 1. The van der Waals surface area contributed by atoms with Crippen LogP contribution in [0.4, 0.5) is 0 Å². The first-order valence-electron chi connectivity index (χ1n) is 10.7. The fourth-order valence-corrected chi connectivity index (χ4v) is 4.63. The van der Waals surface area contributed by atoms with Gasteiger partial charge in [-0.3, -0.25) is 4.90 Å². The summed E-state index contributed by atoms with van der Waals surface area (Å²) < 4.78 is 0. The summed E-state index contributed by atoms with van der Waals surface area (Å²) in [6, 6.07) is 13.6. The van der Waals surface area contributed by atoms with E-state index in [1.54, 1.807) is 0 Å². The lowest BCUT2D eigenvalue weighted by Crippen LogP contribution is -2.42. The molecule has 2 heterocycles. The van der Waals surface area contributed by atoms with Crippen LogP contribution in [0.5, 0.6) is 0 Å². The highest BCUT2D eigenvalue weighted by molar-refractivity contribution is 7.10. The maximum Gasteiger partial charge on any atom is 0.191 e. The molecule has 1 unspecified atom stereocenters. The zero-order valence-corrected chi connectivity index (χ0v) is 18.8. The molecule has 1 atom stereocenters. The Morgan fingerprint density at radius 2 is 1.83 bits per heavy atom. The molecule has 0 radical (unpaired) electrons. The van der Waals surface area contributed by atoms with Crippen LogP contribution in [0.1, 0.15) is 41.8 Å². The third-order valence-electron chi connectivity index (χ3n) is 5.20. The summed E-state index contributed by atoms with van der Waals surface area (Å²) in [7, 11) is 4.19. The number of nitrogens with zero attached hydrogens (tertiary/aromatic N) is 3. The van der Waals surface area contributed by atoms with Crippen LogP contribution < -0.4 is 10.6 Å². The summed E-state index contributed by atoms with van der Waals surface area (Å²) in [6.07, 6.45) is 2.61. The van der Waals surface area contributed by atoms with E-state index in [1.807, 2.05) is 11.3 Å². The summed E-state index contributed by atoms with van der Waals surface area (Å²) in [5.74, 6) is 0.894. The largest absolute Gasteiger partial charge is 0.357 e. The Kier molecular flexibility index (Phi) is 8.52. The van der Waals surface area contributed by atoms with E-state index < -0.39 is 0 Å². The number of rotatable bonds is 9. The van der Waals surface area contributed by atoms with E-state index in [1.165, 1.54) is 41.9 Å². The molecule has 1 fully saturated rings. The molecule has 1 aromatic carbocycles. The van der Waals surface area contributed by atoms with Crippen molar-refractivity contribution in [2.45, 2.75) is 38.9 Å². The minimum absolute atomic E-state index is 0.423. The third kappa shape index (κ3) is 6.84. The smallest absolute Gasteiger partial charge is 0.191 e. The topological polar surface area (TPSA) is 42.9 Å². The predicted molar refractivity (Wildman–Crippen MR) is 125 cm³/mol. The highest BCUT2D eigenvalue weighted by Gasteiger charge is 2.24. The average molecular weight is 414 g/mol. The fourth-order valence-electron chi connectivity index (χ4n) is 3.76. The second kappa shape index (κ2) is 11.3. The summed E-state index contributed by atoms with van der Waals surface area (Å²) in [5, 5.41) is 9.17. The van der Waals surface area contributed by atoms with Crippen molar-refractivity contribution in [3.8, 4) is 0 Å². The molecular formula is C23H35N5S. The van der Waals surface area contributed by atoms with Crippen molar-refractivity contribution in [1.82, 2.24) is 20.4 Å². The third-order valence-corrected chi connectivity index (χ3v) is 6.18. The highest BCUT2D eigenvalue weighted by Crippen LogP contribution is 2.27. The molecule has 29 heavy (non-hydrogen) atoms. The molecular weight excluding hydrogens is 378 g/mol. The van der Waals surface area contributed by atoms with E-state index in [-0.39, 0.29) is 0 Å². The molecule has 5 nitrogen and oxygen atoms in total. The quantitative estimate of drug-likeness (QED) is 0.486. The van der Waals surface area contributed by atoms with Gasteiger partial charge in [0.25, 0.3) is 0 Å². The predicted octanol–water partition coefficient (Wildman–Crippen LogP) is 3.70. The van der Waals surface area contributed by atoms with Crippen LogP contribution in [0.25, 0.3) is 0 Å². The monoisotopic (exact) mass is 413 g/mol. The second-order valence-electron chi connectivity index (χ2n) is 7.90. The van der Waals surface area contributed by atoms with Crippen LogP contribution in [-0.4, -0.2) is 56.0 Å². The van der Waals surface area contributed by atoms with Crippen LogP contribution in [0.3, 0.4) is 0 Å². The number of nitrogens with one attached hydrogen (secondary N) is 2. The Morgan fingerprint density at radius 3 is 2.45 bits per heavy atom. The molecule has 3 rings (SSSR count). The molecule has 1 saturated heterocycles. The van der Waals surface area contributed by atoms with Gasteiger partial charge in [0, 0.05) is 24.5 Å². The summed E-state index contributed by atoms with van der Waals surface area (Å²) in [4.78, 5) is 11.0. The Balaban J connectivity index is 1.60. The van der Waals surface area contributed by atoms with Gasteiger partial charge < -0.3 is 15.5 Å². The van der Waals surface area contributed by atoms with Crippen molar-refractivity contribution >= 4 is 17.3 Å². The Bertz CT molecular complexity index is 733. The molecule has 2 N–H and O–H groups in total. The minimum atomic E-state index is 0.423. The molecule has 0 amide bonds. The number of thiophene rings is 1. The lowest BCUT2D eigenvalue weighted by atomic mass is 10.1. The molecule has 0 bridgehead atoms. The van der Waals surface area contributed by atoms with Crippen LogP contribution in [0.2, 0.25) is 0 Å². The SMILES string of the molecule is CCNC(=NCc1ccc(CN(C)C)cc1)NCC(c1cccs1)N1CCCC1. The lowest BCUT2D eigenvalue weighted by molar-refractivity contribution is 0.249. The minimum Gasteiger partial charge on any atom is -0.357 e. The maximum atomic E-state index is 4.82. The van der Waals surface area contributed by atoms with Gasteiger partial charge in [0.1, 0.15) is 0 Å².